The van der Waals surface area contributed by atoms with Crippen LogP contribution in [0.4, 0.5) is 21.9 Å². The summed E-state index contributed by atoms with van der Waals surface area (Å²) < 4.78 is 36.1. The molecule has 0 saturated carbocycles. The summed E-state index contributed by atoms with van der Waals surface area (Å²) in [4.78, 5) is 130. The third-order valence-electron chi connectivity index (χ3n) is 17.7. The van der Waals surface area contributed by atoms with Crippen LogP contribution in [0, 0.1) is 5.92 Å². The van der Waals surface area contributed by atoms with Crippen LogP contribution in [-0.2, 0) is 70.8 Å². The number of anilines is 2. The van der Waals surface area contributed by atoms with Gasteiger partial charge in [0.2, 0.25) is 23.6 Å². The van der Waals surface area contributed by atoms with Crippen LogP contribution in [0.3, 0.4) is 0 Å². The molecule has 25 nitrogen and oxygen atoms in total. The zero-order valence-electron chi connectivity index (χ0n) is 55.9. The second-order valence-corrected chi connectivity index (χ2v) is 26.3. The number of nitrogens with one attached hydrogen (secondary N) is 4. The first-order valence-electron chi connectivity index (χ1n) is 32.4. The Bertz CT molecular complexity index is 3900. The molecule has 512 valence electrons. The molecule has 0 fully saturated rings. The number of fused-ring (bicyclic) bond motifs is 6. The van der Waals surface area contributed by atoms with Crippen LogP contribution in [0.15, 0.2) is 114 Å². The van der Waals surface area contributed by atoms with Gasteiger partial charge in [-0.3, -0.25) is 48.2 Å². The van der Waals surface area contributed by atoms with Gasteiger partial charge in [-0.2, -0.15) is 0 Å². The van der Waals surface area contributed by atoms with Gasteiger partial charge in [-0.25, -0.2) is 9.69 Å². The molecule has 0 spiro atoms. The van der Waals surface area contributed by atoms with Crippen molar-refractivity contribution in [1.82, 2.24) is 30.7 Å². The summed E-state index contributed by atoms with van der Waals surface area (Å²) in [5.41, 5.74) is 4.25. The molecule has 5 aromatic rings. The van der Waals surface area contributed by atoms with Crippen molar-refractivity contribution < 1.29 is 76.7 Å². The Labute approximate surface area is 562 Å². The van der Waals surface area contributed by atoms with E-state index < -0.39 is 77.0 Å². The highest BCUT2D eigenvalue weighted by Gasteiger charge is 2.46. The Hall–Kier alpha value is -10.1. The predicted octanol–water partition coefficient (Wildman–Crippen LogP) is 7.25. The zero-order chi connectivity index (χ0) is 69.5. The van der Waals surface area contributed by atoms with Crippen molar-refractivity contribution in [3.8, 4) is 23.0 Å². The average Bonchev–Trinajstić information content (AvgIpc) is 1.63. The molecule has 0 aromatic heterocycles. The quantitative estimate of drug-likeness (QED) is 0.0269. The van der Waals surface area contributed by atoms with E-state index in [-0.39, 0.29) is 112 Å². The number of ether oxygens (including phenoxy) is 6. The highest BCUT2D eigenvalue weighted by Crippen LogP contribution is 2.43. The minimum atomic E-state index is -1.59. The van der Waals surface area contributed by atoms with E-state index >= 15 is 0 Å². The summed E-state index contributed by atoms with van der Waals surface area (Å²) in [6, 6.07) is 25.3. The van der Waals surface area contributed by atoms with Gasteiger partial charge >= 0.3 is 6.09 Å². The van der Waals surface area contributed by atoms with Crippen molar-refractivity contribution in [2.75, 3.05) is 50.8 Å². The maximum absolute atomic E-state index is 14.7. The van der Waals surface area contributed by atoms with E-state index in [1.165, 1.54) is 38.8 Å². The lowest BCUT2D eigenvalue weighted by Crippen LogP contribution is -2.55. The number of methoxy groups -OCH3 is 2. The second kappa shape index (κ2) is 29.9. The highest BCUT2D eigenvalue weighted by molar-refractivity contribution is 6.13. The highest BCUT2D eigenvalue weighted by atomic mass is 16.6. The number of nitrogens with zero attached hydrogens (tertiary/aromatic N) is 5. The van der Waals surface area contributed by atoms with Gasteiger partial charge in [0.25, 0.3) is 23.6 Å². The monoisotopic (exact) mass is 1330 g/mol. The Morgan fingerprint density at radius 2 is 1.28 bits per heavy atom. The van der Waals surface area contributed by atoms with E-state index in [0.29, 0.717) is 53.4 Å². The predicted molar refractivity (Wildman–Crippen MR) is 357 cm³/mol. The zero-order valence-corrected chi connectivity index (χ0v) is 55.9. The largest absolute Gasteiger partial charge is 0.493 e. The number of amides is 9. The van der Waals surface area contributed by atoms with Crippen molar-refractivity contribution in [3.05, 3.63) is 148 Å². The molecule has 5 aliphatic rings. The summed E-state index contributed by atoms with van der Waals surface area (Å²) in [5.74, 6) is -2.70. The SMILES string of the molecule is COc1cc2c(cc1OCCCOc1cc3c(cc1OC)C(=O)N1Cc4ccccc4C[C@H]1C(O)N3C(=O)OCc1ccc(NC(=O)[C@H](C)NC(=O)C(NC(=O)CCC(C)(C)OCC(C)(C)NC(=O)CCN3C(=O)C=CC3=O)C(C)C)cc1)N=C[C@@H]1Cc3ccccc3CN1C2=O. The summed E-state index contributed by atoms with van der Waals surface area (Å²) in [6.45, 7) is 12.8. The normalized spacial score (nSPS) is 17.7. The van der Waals surface area contributed by atoms with Crippen LogP contribution in [0.25, 0.3) is 0 Å². The van der Waals surface area contributed by atoms with Gasteiger partial charge in [-0.15, -0.1) is 0 Å². The van der Waals surface area contributed by atoms with Crippen LogP contribution in [0.5, 0.6) is 23.0 Å². The fourth-order valence-electron chi connectivity index (χ4n) is 12.2. The summed E-state index contributed by atoms with van der Waals surface area (Å²) >= 11 is 0. The van der Waals surface area contributed by atoms with Crippen molar-refractivity contribution in [1.29, 1.82) is 0 Å². The third-order valence-corrected chi connectivity index (χ3v) is 17.7. The minimum absolute atomic E-state index is 0.00208. The summed E-state index contributed by atoms with van der Waals surface area (Å²) in [5, 5.41) is 23.5. The summed E-state index contributed by atoms with van der Waals surface area (Å²) in [6.07, 6.45) is 2.97. The molecule has 0 saturated heterocycles. The van der Waals surface area contributed by atoms with E-state index in [1.54, 1.807) is 89.1 Å². The van der Waals surface area contributed by atoms with Crippen LogP contribution in [0.2, 0.25) is 0 Å². The smallest absolute Gasteiger partial charge is 0.416 e. The maximum atomic E-state index is 14.7. The Balaban J connectivity index is 0.731. The number of carbonyl (C=O) groups is 9. The van der Waals surface area contributed by atoms with Gasteiger partial charge in [-0.05, 0) is 112 Å². The van der Waals surface area contributed by atoms with E-state index in [1.807, 2.05) is 47.4 Å². The van der Waals surface area contributed by atoms with Crippen molar-refractivity contribution in [2.45, 2.75) is 148 Å². The Kier molecular flexibility index (Phi) is 21.5. The standard InChI is InChI=1S/C72H83N9O16/c1-42(2)64(76-60(82)25-27-72(6,7)97-41-71(4,5)77-61(83)26-28-78-62(84)23-24-63(78)85)66(87)74-43(3)65(86)75-49-21-19-44(20-22-49)40-96-70(91)81-54-36-59(57(93-9)34-52(54)68(89)80-39-48-18-13-11-16-46(48)32-55(80)69(81)90)95-30-14-29-94-58-35-53-51(33-56(58)92-8)67(88)79-38-47-17-12-10-15-45(47)31-50(79)37-73-53/h10-13,15-24,33-37,42-43,50,55,64,69,90H,14,25-32,38-41H2,1-9H3,(H,74,87)(H,75,86)(H,76,82)(H,77,83)/t43-,50-,55-,64?,69?/m0/s1. The van der Waals surface area contributed by atoms with Gasteiger partial charge in [0.05, 0.1) is 79.8 Å². The molecule has 0 radical (unpaired) electrons. The second-order valence-electron chi connectivity index (χ2n) is 26.3. The van der Waals surface area contributed by atoms with Crippen LogP contribution < -0.4 is 45.1 Å². The van der Waals surface area contributed by atoms with E-state index in [9.17, 15) is 48.3 Å². The molecule has 10 rings (SSSR count). The molecule has 0 aliphatic carbocycles. The molecule has 5 aliphatic heterocycles. The van der Waals surface area contributed by atoms with Crippen molar-refractivity contribution >= 4 is 76.6 Å². The van der Waals surface area contributed by atoms with E-state index in [4.69, 9.17) is 33.4 Å². The number of hydrogen-bond acceptors (Lipinski definition) is 17. The number of rotatable bonds is 26. The minimum Gasteiger partial charge on any atom is -0.493 e. The number of carbonyl (C=O) groups excluding carboxylic acids is 9. The molecule has 9 amide bonds. The van der Waals surface area contributed by atoms with Gasteiger partial charge < -0.3 is 64.6 Å². The molecule has 5 heterocycles. The molecular formula is C72H83N9O16. The molecule has 2 unspecified atom stereocenters. The fraction of sp³-hybridized carbons (Fsp3) is 0.417. The van der Waals surface area contributed by atoms with Gasteiger partial charge in [0.1, 0.15) is 18.7 Å². The van der Waals surface area contributed by atoms with E-state index in [0.717, 1.165) is 38.6 Å². The number of imide groups is 1. The van der Waals surface area contributed by atoms with Crippen molar-refractivity contribution in [3.63, 3.8) is 0 Å². The van der Waals surface area contributed by atoms with E-state index in [2.05, 4.69) is 27.3 Å². The first-order chi connectivity index (χ1) is 46.3. The van der Waals surface area contributed by atoms with Crippen molar-refractivity contribution in [2.24, 2.45) is 10.9 Å². The summed E-state index contributed by atoms with van der Waals surface area (Å²) in [7, 11) is 2.93. The Morgan fingerprint density at radius 3 is 1.92 bits per heavy atom. The first-order valence-corrected chi connectivity index (χ1v) is 32.4. The van der Waals surface area contributed by atoms with Gasteiger partial charge in [0.15, 0.2) is 29.2 Å². The number of hydrogen-bond donors (Lipinski definition) is 5. The maximum Gasteiger partial charge on any atom is 0.416 e. The fourth-order valence-corrected chi connectivity index (χ4v) is 12.2. The molecular weight excluding hydrogens is 1250 g/mol. The van der Waals surface area contributed by atoms with Crippen LogP contribution >= 0.6 is 0 Å². The lowest BCUT2D eigenvalue weighted by Gasteiger charge is -2.39. The average molecular weight is 1330 g/mol. The lowest BCUT2D eigenvalue weighted by molar-refractivity contribution is -0.137. The number of aliphatic hydroxyl groups excluding tert-OH is 1. The molecule has 97 heavy (non-hydrogen) atoms. The number of aliphatic hydroxyl groups is 1. The molecule has 0 bridgehead atoms. The molecule has 5 aromatic carbocycles. The first kappa shape index (κ1) is 69.7. The number of benzene rings is 5. The van der Waals surface area contributed by atoms with Gasteiger partial charge in [-0.1, -0.05) is 74.5 Å². The topological polar surface area (TPSA) is 303 Å². The third kappa shape index (κ3) is 16.4. The number of aliphatic imine (C=N–C) groups is 1. The molecule has 5 N–H and O–H groups in total. The molecule has 5 atom stereocenters. The Morgan fingerprint density at radius 1 is 0.680 bits per heavy atom. The van der Waals surface area contributed by atoms with Gasteiger partial charge in [0, 0.05) is 75.1 Å². The lowest BCUT2D eigenvalue weighted by atomic mass is 9.93. The van der Waals surface area contributed by atoms with Crippen LogP contribution in [-0.4, -0.2) is 161 Å². The molecule has 25 heteroatoms. The van der Waals surface area contributed by atoms with Crippen LogP contribution in [0.1, 0.15) is 123 Å².